The van der Waals surface area contributed by atoms with Gasteiger partial charge in [0.2, 0.25) is 11.8 Å². The third kappa shape index (κ3) is 4.78. The van der Waals surface area contributed by atoms with E-state index in [0.717, 1.165) is 22.2 Å². The summed E-state index contributed by atoms with van der Waals surface area (Å²) in [6.45, 7) is 12.8. The van der Waals surface area contributed by atoms with E-state index in [1.165, 1.54) is 17.3 Å². The average Bonchev–Trinajstić information content (AvgIpc) is 3.39. The molecule has 0 saturated carbocycles. The van der Waals surface area contributed by atoms with Crippen LogP contribution in [-0.2, 0) is 16.6 Å². The fourth-order valence-corrected chi connectivity index (χ4v) is 4.01. The van der Waals surface area contributed by atoms with E-state index in [2.05, 4.69) is 103 Å². The first-order valence-electron chi connectivity index (χ1n) is 10.7. The summed E-state index contributed by atoms with van der Waals surface area (Å²) in [4.78, 5) is 0. The molecule has 0 radical (unpaired) electrons. The predicted molar refractivity (Wildman–Crippen MR) is 128 cm³/mol. The van der Waals surface area contributed by atoms with E-state index in [9.17, 15) is 0 Å². The highest BCUT2D eigenvalue weighted by Gasteiger charge is 2.23. The molecular weight excluding hydrogens is 418 g/mol. The lowest BCUT2D eigenvalue weighted by Crippen LogP contribution is -2.11. The highest BCUT2D eigenvalue weighted by Crippen LogP contribution is 2.31. The Morgan fingerprint density at radius 1 is 0.781 bits per heavy atom. The zero-order valence-corrected chi connectivity index (χ0v) is 20.3. The van der Waals surface area contributed by atoms with Crippen LogP contribution < -0.4 is 0 Å². The van der Waals surface area contributed by atoms with E-state index in [1.807, 2.05) is 18.2 Å². The van der Waals surface area contributed by atoms with Gasteiger partial charge in [0, 0.05) is 16.7 Å². The molecule has 4 aromatic rings. The first-order valence-corrected chi connectivity index (χ1v) is 11.7. The Bertz CT molecular complexity index is 1180. The van der Waals surface area contributed by atoms with Gasteiger partial charge in [-0.05, 0) is 23.1 Å². The zero-order chi connectivity index (χ0) is 22.9. The Kier molecular flexibility index (Phi) is 5.95. The van der Waals surface area contributed by atoms with Crippen molar-refractivity contribution >= 4 is 11.8 Å². The van der Waals surface area contributed by atoms with Crippen molar-refractivity contribution in [2.75, 3.05) is 0 Å². The summed E-state index contributed by atoms with van der Waals surface area (Å²) in [5, 5.41) is 18.2. The fourth-order valence-electron chi connectivity index (χ4n) is 3.22. The van der Waals surface area contributed by atoms with Gasteiger partial charge in [0.15, 0.2) is 11.0 Å². The molecular formula is C25H29N5OS. The molecule has 0 aliphatic carbocycles. The van der Waals surface area contributed by atoms with Gasteiger partial charge in [-0.2, -0.15) is 0 Å². The molecule has 0 spiro atoms. The molecule has 0 atom stereocenters. The van der Waals surface area contributed by atoms with Gasteiger partial charge >= 0.3 is 0 Å². The van der Waals surface area contributed by atoms with Gasteiger partial charge in [-0.3, -0.25) is 4.57 Å². The molecule has 0 N–H and O–H groups in total. The lowest BCUT2D eigenvalue weighted by atomic mass is 9.87. The fraction of sp³-hybridized carbons (Fsp3) is 0.360. The smallest absolute Gasteiger partial charge is 0.226 e. The number of hydrogen-bond acceptors (Lipinski definition) is 6. The number of para-hydroxylation sites is 1. The molecule has 2 aromatic heterocycles. The minimum atomic E-state index is -0.174. The van der Waals surface area contributed by atoms with Crippen LogP contribution in [0.2, 0.25) is 0 Å². The van der Waals surface area contributed by atoms with Gasteiger partial charge in [-0.25, -0.2) is 0 Å². The Balaban J connectivity index is 1.66. The van der Waals surface area contributed by atoms with Crippen LogP contribution >= 0.6 is 11.8 Å². The highest BCUT2D eigenvalue weighted by atomic mass is 32.2. The first-order chi connectivity index (χ1) is 15.1. The number of aromatic nitrogens is 5. The number of thioether (sulfide) groups is 1. The molecule has 2 heterocycles. The summed E-state index contributed by atoms with van der Waals surface area (Å²) in [6, 6.07) is 18.7. The number of hydrogen-bond donors (Lipinski definition) is 0. The van der Waals surface area contributed by atoms with Gasteiger partial charge in [0.05, 0.1) is 5.75 Å². The number of rotatable bonds is 5. The van der Waals surface area contributed by atoms with Gasteiger partial charge in [-0.15, -0.1) is 20.4 Å². The van der Waals surface area contributed by atoms with Crippen molar-refractivity contribution in [3.63, 3.8) is 0 Å². The van der Waals surface area contributed by atoms with E-state index in [0.29, 0.717) is 17.5 Å². The van der Waals surface area contributed by atoms with Crippen molar-refractivity contribution < 1.29 is 4.42 Å². The maximum absolute atomic E-state index is 5.85. The predicted octanol–water partition coefficient (Wildman–Crippen LogP) is 6.20. The summed E-state index contributed by atoms with van der Waals surface area (Å²) >= 11 is 1.53. The summed E-state index contributed by atoms with van der Waals surface area (Å²) in [5.74, 6) is 2.55. The molecule has 0 bridgehead atoms. The van der Waals surface area contributed by atoms with Crippen molar-refractivity contribution in [1.82, 2.24) is 25.0 Å². The Hall–Kier alpha value is -2.93. The quantitative estimate of drug-likeness (QED) is 0.339. The molecule has 0 amide bonds. The van der Waals surface area contributed by atoms with Gasteiger partial charge in [0.25, 0.3) is 0 Å². The molecule has 4 rings (SSSR count). The zero-order valence-electron chi connectivity index (χ0n) is 19.5. The van der Waals surface area contributed by atoms with Gasteiger partial charge < -0.3 is 4.42 Å². The van der Waals surface area contributed by atoms with Crippen LogP contribution in [0.25, 0.3) is 17.1 Å². The topological polar surface area (TPSA) is 69.6 Å². The van der Waals surface area contributed by atoms with Crippen LogP contribution in [-0.4, -0.2) is 25.0 Å². The first kappa shape index (κ1) is 22.3. The van der Waals surface area contributed by atoms with Crippen LogP contribution in [0.5, 0.6) is 0 Å². The summed E-state index contributed by atoms with van der Waals surface area (Å²) in [5.41, 5.74) is 3.24. The SMILES string of the molecule is CC(C)(C)c1ccc(-c2nnc(SCc3nnc(C(C)(C)C)o3)n2-c2ccccc2)cc1. The highest BCUT2D eigenvalue weighted by molar-refractivity contribution is 7.98. The summed E-state index contributed by atoms with van der Waals surface area (Å²) in [7, 11) is 0. The molecule has 0 fully saturated rings. The third-order valence-electron chi connectivity index (χ3n) is 5.09. The van der Waals surface area contributed by atoms with E-state index >= 15 is 0 Å². The Morgan fingerprint density at radius 3 is 2.06 bits per heavy atom. The normalized spacial score (nSPS) is 12.3. The van der Waals surface area contributed by atoms with Crippen LogP contribution in [0, 0.1) is 0 Å². The lowest BCUT2D eigenvalue weighted by Gasteiger charge is -2.19. The molecule has 166 valence electrons. The Morgan fingerprint density at radius 2 is 1.47 bits per heavy atom. The van der Waals surface area contributed by atoms with Crippen molar-refractivity contribution in [2.24, 2.45) is 0 Å². The second-order valence-corrected chi connectivity index (χ2v) is 10.8. The standard InChI is InChI=1S/C25H29N5OS/c1-24(2,3)18-14-12-17(13-15-18)21-27-29-23(30(21)19-10-8-7-9-11-19)32-16-20-26-28-22(31-20)25(4,5)6/h7-15H,16H2,1-6H3. The van der Waals surface area contributed by atoms with Crippen LogP contribution in [0.4, 0.5) is 0 Å². The molecule has 0 aliphatic heterocycles. The summed E-state index contributed by atoms with van der Waals surface area (Å²) < 4.78 is 7.93. The summed E-state index contributed by atoms with van der Waals surface area (Å²) in [6.07, 6.45) is 0. The molecule has 32 heavy (non-hydrogen) atoms. The van der Waals surface area contributed by atoms with E-state index in [4.69, 9.17) is 4.42 Å². The van der Waals surface area contributed by atoms with Gasteiger partial charge in [-0.1, -0.05) is 95.8 Å². The maximum atomic E-state index is 5.85. The van der Waals surface area contributed by atoms with Crippen LogP contribution in [0.1, 0.15) is 58.9 Å². The number of nitrogens with zero attached hydrogens (tertiary/aromatic N) is 5. The lowest BCUT2D eigenvalue weighted by molar-refractivity contribution is 0.378. The number of benzene rings is 2. The second kappa shape index (κ2) is 8.54. The monoisotopic (exact) mass is 447 g/mol. The maximum Gasteiger partial charge on any atom is 0.226 e. The molecule has 7 heteroatoms. The minimum absolute atomic E-state index is 0.0998. The molecule has 0 unspecified atom stereocenters. The van der Waals surface area contributed by atoms with Crippen molar-refractivity contribution in [3.8, 4) is 17.1 Å². The largest absolute Gasteiger partial charge is 0.424 e. The molecule has 0 aliphatic rings. The van der Waals surface area contributed by atoms with Gasteiger partial charge in [0.1, 0.15) is 0 Å². The van der Waals surface area contributed by atoms with E-state index in [1.54, 1.807) is 0 Å². The van der Waals surface area contributed by atoms with Crippen molar-refractivity contribution in [3.05, 3.63) is 71.9 Å². The van der Waals surface area contributed by atoms with Crippen molar-refractivity contribution in [2.45, 2.75) is 63.3 Å². The van der Waals surface area contributed by atoms with E-state index in [-0.39, 0.29) is 10.8 Å². The van der Waals surface area contributed by atoms with Crippen molar-refractivity contribution in [1.29, 1.82) is 0 Å². The molecule has 0 saturated heterocycles. The molecule has 6 nitrogen and oxygen atoms in total. The average molecular weight is 448 g/mol. The van der Waals surface area contributed by atoms with Crippen LogP contribution in [0.3, 0.4) is 0 Å². The van der Waals surface area contributed by atoms with Crippen LogP contribution in [0.15, 0.2) is 64.2 Å². The third-order valence-corrected chi connectivity index (χ3v) is 6.00. The molecule has 2 aromatic carbocycles. The van der Waals surface area contributed by atoms with E-state index < -0.39 is 0 Å². The minimum Gasteiger partial charge on any atom is -0.424 e. The Labute approximate surface area is 193 Å². The second-order valence-electron chi connectivity index (χ2n) is 9.84.